The standard InChI is InChI=1S/C20H23N3O2/c21-17-7-4-15(5-8-17)11-18-12-22-13-19(23-18)16-3-1-2-14(10-16)6-9-20(24)25/h1-3,6,9-10,12-13,15,17H,4-5,7-8,11,21H2,(H,24,25)/b9-6+. The molecular weight excluding hydrogens is 314 g/mol. The summed E-state index contributed by atoms with van der Waals surface area (Å²) in [6, 6.07) is 8.01. The molecule has 5 nitrogen and oxygen atoms in total. The van der Waals surface area contributed by atoms with Crippen LogP contribution >= 0.6 is 0 Å². The van der Waals surface area contributed by atoms with Crippen LogP contribution in [0.1, 0.15) is 36.9 Å². The predicted octanol–water partition coefficient (Wildman–Crippen LogP) is 3.30. The topological polar surface area (TPSA) is 89.1 Å². The Kier molecular flexibility index (Phi) is 5.56. The molecule has 1 aliphatic carbocycles. The molecule has 3 rings (SSSR count). The highest BCUT2D eigenvalue weighted by atomic mass is 16.4. The Hall–Kier alpha value is -2.53. The number of nitrogens with two attached hydrogens (primary N) is 1. The lowest BCUT2D eigenvalue weighted by Gasteiger charge is -2.25. The zero-order chi connectivity index (χ0) is 17.6. The second kappa shape index (κ2) is 8.03. The second-order valence-corrected chi connectivity index (χ2v) is 6.68. The lowest BCUT2D eigenvalue weighted by molar-refractivity contribution is -0.131. The van der Waals surface area contributed by atoms with Crippen molar-refractivity contribution in [3.05, 3.63) is 54.0 Å². The first-order valence-corrected chi connectivity index (χ1v) is 8.68. The fourth-order valence-electron chi connectivity index (χ4n) is 3.30. The second-order valence-electron chi connectivity index (χ2n) is 6.68. The molecule has 0 saturated heterocycles. The van der Waals surface area contributed by atoms with E-state index in [4.69, 9.17) is 15.8 Å². The van der Waals surface area contributed by atoms with E-state index in [-0.39, 0.29) is 0 Å². The number of hydrogen-bond donors (Lipinski definition) is 2. The van der Waals surface area contributed by atoms with Gasteiger partial charge in [-0.3, -0.25) is 4.98 Å². The molecule has 5 heteroatoms. The van der Waals surface area contributed by atoms with E-state index in [9.17, 15) is 4.79 Å². The minimum absolute atomic E-state index is 0.357. The third-order valence-electron chi connectivity index (χ3n) is 4.67. The molecule has 0 amide bonds. The lowest BCUT2D eigenvalue weighted by Crippen LogP contribution is -2.27. The van der Waals surface area contributed by atoms with E-state index >= 15 is 0 Å². The average molecular weight is 337 g/mol. The van der Waals surface area contributed by atoms with Gasteiger partial charge in [-0.05, 0) is 55.7 Å². The number of aromatic nitrogens is 2. The van der Waals surface area contributed by atoms with Gasteiger partial charge in [0.25, 0.3) is 0 Å². The fourth-order valence-corrected chi connectivity index (χ4v) is 3.30. The van der Waals surface area contributed by atoms with Gasteiger partial charge in [-0.15, -0.1) is 0 Å². The van der Waals surface area contributed by atoms with E-state index in [0.29, 0.717) is 12.0 Å². The molecule has 0 bridgehead atoms. The molecule has 0 radical (unpaired) electrons. The highest BCUT2D eigenvalue weighted by Gasteiger charge is 2.19. The van der Waals surface area contributed by atoms with Crippen LogP contribution in [0.25, 0.3) is 17.3 Å². The van der Waals surface area contributed by atoms with Crippen molar-refractivity contribution in [3.8, 4) is 11.3 Å². The van der Waals surface area contributed by atoms with Gasteiger partial charge in [0.2, 0.25) is 0 Å². The van der Waals surface area contributed by atoms with Crippen molar-refractivity contribution in [2.75, 3.05) is 0 Å². The molecule has 1 aliphatic rings. The molecule has 0 aliphatic heterocycles. The molecule has 3 N–H and O–H groups in total. The van der Waals surface area contributed by atoms with Crippen LogP contribution in [-0.2, 0) is 11.2 Å². The summed E-state index contributed by atoms with van der Waals surface area (Å²) in [4.78, 5) is 19.8. The maximum atomic E-state index is 10.7. The quantitative estimate of drug-likeness (QED) is 0.817. The van der Waals surface area contributed by atoms with E-state index in [1.165, 1.54) is 0 Å². The van der Waals surface area contributed by atoms with Gasteiger partial charge in [0.15, 0.2) is 0 Å². The zero-order valence-electron chi connectivity index (χ0n) is 14.1. The predicted molar refractivity (Wildman–Crippen MR) is 97.8 cm³/mol. The summed E-state index contributed by atoms with van der Waals surface area (Å²) in [5, 5.41) is 8.75. The van der Waals surface area contributed by atoms with Crippen molar-refractivity contribution in [2.24, 2.45) is 11.7 Å². The number of hydrogen-bond acceptors (Lipinski definition) is 4. The Balaban J connectivity index is 1.75. The Labute approximate surface area is 147 Å². The van der Waals surface area contributed by atoms with Gasteiger partial charge in [-0.2, -0.15) is 0 Å². The molecule has 130 valence electrons. The van der Waals surface area contributed by atoms with Crippen molar-refractivity contribution in [2.45, 2.75) is 38.1 Å². The van der Waals surface area contributed by atoms with Crippen molar-refractivity contribution in [1.29, 1.82) is 0 Å². The molecule has 25 heavy (non-hydrogen) atoms. The van der Waals surface area contributed by atoms with E-state index in [1.54, 1.807) is 12.3 Å². The summed E-state index contributed by atoms with van der Waals surface area (Å²) in [5.74, 6) is -0.325. The van der Waals surface area contributed by atoms with Crippen molar-refractivity contribution in [1.82, 2.24) is 9.97 Å². The van der Waals surface area contributed by atoms with Crippen LogP contribution in [0, 0.1) is 5.92 Å². The minimum atomic E-state index is -0.959. The Bertz CT molecular complexity index is 765. The van der Waals surface area contributed by atoms with Crippen LogP contribution in [0.5, 0.6) is 0 Å². The summed E-state index contributed by atoms with van der Waals surface area (Å²) in [7, 11) is 0. The van der Waals surface area contributed by atoms with Gasteiger partial charge in [-0.1, -0.05) is 18.2 Å². The molecule has 0 spiro atoms. The number of carboxylic acids is 1. The summed E-state index contributed by atoms with van der Waals surface area (Å²) < 4.78 is 0. The van der Waals surface area contributed by atoms with Gasteiger partial charge in [0, 0.05) is 23.9 Å². The highest BCUT2D eigenvalue weighted by Crippen LogP contribution is 2.26. The number of aliphatic carboxylic acids is 1. The Morgan fingerprint density at radius 1 is 1.24 bits per heavy atom. The lowest BCUT2D eigenvalue weighted by atomic mass is 9.84. The van der Waals surface area contributed by atoms with Crippen LogP contribution in [0.2, 0.25) is 0 Å². The van der Waals surface area contributed by atoms with E-state index in [2.05, 4.69) is 4.98 Å². The van der Waals surface area contributed by atoms with Crippen molar-refractivity contribution in [3.63, 3.8) is 0 Å². The largest absolute Gasteiger partial charge is 0.478 e. The van der Waals surface area contributed by atoms with E-state index in [1.807, 2.05) is 30.5 Å². The third-order valence-corrected chi connectivity index (χ3v) is 4.67. The summed E-state index contributed by atoms with van der Waals surface area (Å²) in [6.07, 6.45) is 11.7. The van der Waals surface area contributed by atoms with Crippen LogP contribution in [0.4, 0.5) is 0 Å². The summed E-state index contributed by atoms with van der Waals surface area (Å²) >= 11 is 0. The van der Waals surface area contributed by atoms with Crippen molar-refractivity contribution >= 4 is 12.0 Å². The van der Waals surface area contributed by atoms with Gasteiger partial charge < -0.3 is 10.8 Å². The Morgan fingerprint density at radius 2 is 2.04 bits per heavy atom. The number of benzene rings is 1. The molecular formula is C20H23N3O2. The number of carbonyl (C=O) groups is 1. The van der Waals surface area contributed by atoms with Gasteiger partial charge in [0.05, 0.1) is 17.6 Å². The SMILES string of the molecule is NC1CCC(Cc2cncc(-c3cccc(/C=C/C(=O)O)c3)n2)CC1. The maximum absolute atomic E-state index is 10.7. The van der Waals surface area contributed by atoms with Crippen LogP contribution < -0.4 is 5.73 Å². The molecule has 2 aromatic rings. The normalized spacial score (nSPS) is 20.7. The third kappa shape index (κ3) is 4.97. The van der Waals surface area contributed by atoms with Gasteiger partial charge >= 0.3 is 5.97 Å². The molecule has 1 aromatic carbocycles. The highest BCUT2D eigenvalue weighted by molar-refractivity contribution is 5.85. The zero-order valence-corrected chi connectivity index (χ0v) is 14.1. The smallest absolute Gasteiger partial charge is 0.328 e. The number of nitrogens with zero attached hydrogens (tertiary/aromatic N) is 2. The minimum Gasteiger partial charge on any atom is -0.478 e. The molecule has 1 aromatic heterocycles. The first kappa shape index (κ1) is 17.3. The molecule has 1 heterocycles. The molecule has 1 saturated carbocycles. The number of carboxylic acid groups (broad SMARTS) is 1. The molecule has 1 fully saturated rings. The van der Waals surface area contributed by atoms with Crippen molar-refractivity contribution < 1.29 is 9.90 Å². The van der Waals surface area contributed by atoms with Crippen LogP contribution in [-0.4, -0.2) is 27.1 Å². The first-order chi connectivity index (χ1) is 12.1. The van der Waals surface area contributed by atoms with Gasteiger partial charge in [-0.25, -0.2) is 9.78 Å². The average Bonchev–Trinajstić information content (AvgIpc) is 2.62. The van der Waals surface area contributed by atoms with Crippen LogP contribution in [0.15, 0.2) is 42.7 Å². The summed E-state index contributed by atoms with van der Waals surface area (Å²) in [5.41, 5.74) is 9.56. The molecule has 0 unspecified atom stereocenters. The van der Waals surface area contributed by atoms with Crippen LogP contribution in [0.3, 0.4) is 0 Å². The van der Waals surface area contributed by atoms with E-state index < -0.39 is 5.97 Å². The fraction of sp³-hybridized carbons (Fsp3) is 0.350. The van der Waals surface area contributed by atoms with E-state index in [0.717, 1.165) is 60.7 Å². The molecule has 0 atom stereocenters. The summed E-state index contributed by atoms with van der Waals surface area (Å²) in [6.45, 7) is 0. The monoisotopic (exact) mass is 337 g/mol. The van der Waals surface area contributed by atoms with Gasteiger partial charge in [0.1, 0.15) is 0 Å². The Morgan fingerprint density at radius 3 is 2.80 bits per heavy atom. The number of rotatable bonds is 5. The first-order valence-electron chi connectivity index (χ1n) is 8.68. The maximum Gasteiger partial charge on any atom is 0.328 e.